The molecule has 4 rings (SSSR count). The monoisotopic (exact) mass is 555 g/mol. The maximum atomic E-state index is 14.2. The third kappa shape index (κ3) is 7.52. The Labute approximate surface area is 231 Å². The number of nitrogens with one attached hydrogen (secondary N) is 1. The highest BCUT2D eigenvalue weighted by Crippen LogP contribution is 2.32. The van der Waals surface area contributed by atoms with Gasteiger partial charge in [0.2, 0.25) is 5.91 Å². The molecule has 0 aliphatic carbocycles. The fourth-order valence-electron chi connectivity index (χ4n) is 4.39. The molecule has 1 atom stereocenters. The van der Waals surface area contributed by atoms with Gasteiger partial charge in [-0.3, -0.25) is 9.78 Å². The van der Waals surface area contributed by atoms with E-state index in [0.29, 0.717) is 29.2 Å². The molecule has 7 nitrogen and oxygen atoms in total. The molecule has 1 N–H and O–H groups in total. The highest BCUT2D eigenvalue weighted by atomic mass is 19.4. The fourth-order valence-corrected chi connectivity index (χ4v) is 4.39. The SMILES string of the molecule is CC(C)(C)OC(=O)NCC(C(=O)N(CCc1ccc(C(F)(F)F)nc1)c1ccc2c(c1)OCC2)c1ccccc1. The van der Waals surface area contributed by atoms with Crippen molar-refractivity contribution in [1.82, 2.24) is 10.3 Å². The second kappa shape index (κ2) is 12.0. The van der Waals surface area contributed by atoms with Gasteiger partial charge in [-0.15, -0.1) is 0 Å². The molecule has 1 aromatic heterocycles. The molecular weight excluding hydrogens is 523 g/mol. The van der Waals surface area contributed by atoms with Crippen LogP contribution in [0, 0.1) is 0 Å². The largest absolute Gasteiger partial charge is 0.493 e. The number of halogens is 3. The number of nitrogens with zero attached hydrogens (tertiary/aromatic N) is 2. The Kier molecular flexibility index (Phi) is 8.66. The van der Waals surface area contributed by atoms with Crippen LogP contribution in [-0.4, -0.2) is 42.3 Å². The van der Waals surface area contributed by atoms with Crippen LogP contribution in [0.1, 0.15) is 49.1 Å². The summed E-state index contributed by atoms with van der Waals surface area (Å²) in [6, 6.07) is 16.9. The molecule has 0 saturated carbocycles. The van der Waals surface area contributed by atoms with E-state index in [1.807, 2.05) is 42.5 Å². The Hall–Kier alpha value is -4.08. The zero-order valence-corrected chi connectivity index (χ0v) is 22.6. The van der Waals surface area contributed by atoms with Crippen molar-refractivity contribution in [3.05, 3.63) is 89.2 Å². The summed E-state index contributed by atoms with van der Waals surface area (Å²) in [5.41, 5.74) is 1.19. The number of aromatic nitrogens is 1. The number of ether oxygens (including phenoxy) is 2. The van der Waals surface area contributed by atoms with E-state index in [9.17, 15) is 22.8 Å². The van der Waals surface area contributed by atoms with Crippen molar-refractivity contribution in [2.24, 2.45) is 0 Å². The van der Waals surface area contributed by atoms with Gasteiger partial charge in [0.05, 0.1) is 12.5 Å². The van der Waals surface area contributed by atoms with Crippen LogP contribution in [0.2, 0.25) is 0 Å². The summed E-state index contributed by atoms with van der Waals surface area (Å²) in [6.07, 6.45) is -2.97. The second-order valence-electron chi connectivity index (χ2n) is 10.5. The van der Waals surface area contributed by atoms with E-state index in [1.165, 1.54) is 12.3 Å². The van der Waals surface area contributed by atoms with Crippen molar-refractivity contribution >= 4 is 17.7 Å². The Morgan fingerprint density at radius 3 is 2.48 bits per heavy atom. The lowest BCUT2D eigenvalue weighted by atomic mass is 9.96. The van der Waals surface area contributed by atoms with Gasteiger partial charge in [-0.05, 0) is 56.0 Å². The topological polar surface area (TPSA) is 80.8 Å². The van der Waals surface area contributed by atoms with Crippen molar-refractivity contribution in [2.75, 3.05) is 24.6 Å². The summed E-state index contributed by atoms with van der Waals surface area (Å²) in [5.74, 6) is -0.358. The second-order valence-corrected chi connectivity index (χ2v) is 10.5. The zero-order chi connectivity index (χ0) is 28.9. The first-order valence-electron chi connectivity index (χ1n) is 13.0. The number of alkyl halides is 3. The molecule has 0 bridgehead atoms. The van der Waals surface area contributed by atoms with Crippen LogP contribution in [-0.2, 0) is 28.5 Å². The summed E-state index contributed by atoms with van der Waals surface area (Å²) in [5, 5.41) is 2.71. The van der Waals surface area contributed by atoms with Crippen molar-refractivity contribution in [3.8, 4) is 5.75 Å². The molecule has 1 aliphatic heterocycles. The van der Waals surface area contributed by atoms with Gasteiger partial charge in [0, 0.05) is 37.5 Å². The van der Waals surface area contributed by atoms with Gasteiger partial charge >= 0.3 is 12.3 Å². The molecule has 2 amide bonds. The minimum Gasteiger partial charge on any atom is -0.493 e. The quantitative estimate of drug-likeness (QED) is 0.373. The number of fused-ring (bicyclic) bond motifs is 1. The van der Waals surface area contributed by atoms with Crippen LogP contribution < -0.4 is 15.0 Å². The van der Waals surface area contributed by atoms with Gasteiger partial charge in [-0.2, -0.15) is 13.2 Å². The van der Waals surface area contributed by atoms with Crippen molar-refractivity contribution in [2.45, 2.75) is 51.3 Å². The van der Waals surface area contributed by atoms with Crippen molar-refractivity contribution < 1.29 is 32.2 Å². The molecule has 0 radical (unpaired) electrons. The average molecular weight is 556 g/mol. The molecule has 3 aromatic rings. The first-order chi connectivity index (χ1) is 18.9. The third-order valence-electron chi connectivity index (χ3n) is 6.35. The van der Waals surface area contributed by atoms with E-state index < -0.39 is 29.5 Å². The summed E-state index contributed by atoms with van der Waals surface area (Å²) >= 11 is 0. The van der Waals surface area contributed by atoms with E-state index >= 15 is 0 Å². The third-order valence-corrected chi connectivity index (χ3v) is 6.35. The average Bonchev–Trinajstić information content (AvgIpc) is 3.36. The van der Waals surface area contributed by atoms with Gasteiger partial charge in [0.1, 0.15) is 17.0 Å². The van der Waals surface area contributed by atoms with Crippen LogP contribution in [0.15, 0.2) is 66.9 Å². The normalized spacial score (nSPS) is 13.7. The molecule has 40 heavy (non-hydrogen) atoms. The van der Waals surface area contributed by atoms with Crippen LogP contribution in [0.3, 0.4) is 0 Å². The number of hydrogen-bond donors (Lipinski definition) is 1. The number of hydrogen-bond acceptors (Lipinski definition) is 5. The molecule has 2 heterocycles. The minimum atomic E-state index is -4.53. The predicted octanol–water partition coefficient (Wildman–Crippen LogP) is 5.92. The van der Waals surface area contributed by atoms with E-state index in [2.05, 4.69) is 10.3 Å². The smallest absolute Gasteiger partial charge is 0.433 e. The number of rotatable bonds is 8. The molecule has 10 heteroatoms. The Morgan fingerprint density at radius 2 is 1.82 bits per heavy atom. The summed E-state index contributed by atoms with van der Waals surface area (Å²) in [6.45, 7) is 5.95. The lowest BCUT2D eigenvalue weighted by Crippen LogP contribution is -2.42. The molecule has 0 spiro atoms. The number of pyridine rings is 1. The molecule has 0 saturated heterocycles. The summed E-state index contributed by atoms with van der Waals surface area (Å²) < 4.78 is 50.0. The first-order valence-corrected chi connectivity index (χ1v) is 13.0. The highest BCUT2D eigenvalue weighted by Gasteiger charge is 2.32. The molecular formula is C30H32F3N3O4. The molecule has 1 aliphatic rings. The van der Waals surface area contributed by atoms with Gasteiger partial charge < -0.3 is 19.7 Å². The predicted molar refractivity (Wildman–Crippen MR) is 144 cm³/mol. The Balaban J connectivity index is 1.62. The van der Waals surface area contributed by atoms with E-state index in [0.717, 1.165) is 18.1 Å². The highest BCUT2D eigenvalue weighted by molar-refractivity contribution is 5.98. The number of carbonyl (C=O) groups excluding carboxylic acids is 2. The van der Waals surface area contributed by atoms with E-state index in [1.54, 1.807) is 31.7 Å². The van der Waals surface area contributed by atoms with Gasteiger partial charge in [-0.1, -0.05) is 42.5 Å². The number of alkyl carbamates (subject to hydrolysis) is 1. The number of benzene rings is 2. The molecule has 2 aromatic carbocycles. The van der Waals surface area contributed by atoms with Crippen LogP contribution in [0.25, 0.3) is 0 Å². The molecule has 0 fully saturated rings. The number of carbonyl (C=O) groups is 2. The lowest BCUT2D eigenvalue weighted by molar-refractivity contribution is -0.141. The summed E-state index contributed by atoms with van der Waals surface area (Å²) in [7, 11) is 0. The minimum absolute atomic E-state index is 0.0163. The Morgan fingerprint density at radius 1 is 1.07 bits per heavy atom. The van der Waals surface area contributed by atoms with Crippen molar-refractivity contribution in [3.63, 3.8) is 0 Å². The molecule has 1 unspecified atom stereocenters. The summed E-state index contributed by atoms with van der Waals surface area (Å²) in [4.78, 5) is 31.7. The standard InChI is InChI=1S/C30H32F3N3O4/c1-29(2,3)40-28(38)35-19-24(21-7-5-4-6-8-21)27(37)36(23-11-10-22-14-16-39-25(22)17-23)15-13-20-9-12-26(34-18-20)30(31,32)33/h4-12,17-18,24H,13-16,19H2,1-3H3,(H,35,38). The van der Waals surface area contributed by atoms with Crippen LogP contribution in [0.5, 0.6) is 5.75 Å². The van der Waals surface area contributed by atoms with E-state index in [-0.39, 0.29) is 25.4 Å². The number of anilines is 1. The number of amides is 2. The maximum Gasteiger partial charge on any atom is 0.433 e. The zero-order valence-electron chi connectivity index (χ0n) is 22.6. The van der Waals surface area contributed by atoms with Gasteiger partial charge in [0.25, 0.3) is 0 Å². The fraction of sp³-hybridized carbons (Fsp3) is 0.367. The van der Waals surface area contributed by atoms with Crippen LogP contribution >= 0.6 is 0 Å². The van der Waals surface area contributed by atoms with Crippen molar-refractivity contribution in [1.29, 1.82) is 0 Å². The van der Waals surface area contributed by atoms with Gasteiger partial charge in [0.15, 0.2) is 0 Å². The van der Waals surface area contributed by atoms with E-state index in [4.69, 9.17) is 9.47 Å². The van der Waals surface area contributed by atoms with Gasteiger partial charge in [-0.25, -0.2) is 4.79 Å². The first kappa shape index (κ1) is 28.9. The Bertz CT molecular complexity index is 1320. The van der Waals surface area contributed by atoms with Crippen LogP contribution in [0.4, 0.5) is 23.7 Å². The lowest BCUT2D eigenvalue weighted by Gasteiger charge is -2.29. The maximum absolute atomic E-state index is 14.2. The molecule has 212 valence electrons.